The van der Waals surface area contributed by atoms with Gasteiger partial charge in [-0.3, -0.25) is 4.79 Å². The summed E-state index contributed by atoms with van der Waals surface area (Å²) in [7, 11) is -3.81. The molecule has 36 heavy (non-hydrogen) atoms. The zero-order valence-corrected chi connectivity index (χ0v) is 20.6. The average Bonchev–Trinajstić information content (AvgIpc) is 2.90. The van der Waals surface area contributed by atoms with Gasteiger partial charge in [0.15, 0.2) is 0 Å². The van der Waals surface area contributed by atoms with Crippen LogP contribution in [0.25, 0.3) is 22.2 Å². The third kappa shape index (κ3) is 4.78. The lowest BCUT2D eigenvalue weighted by atomic mass is 10.0. The van der Waals surface area contributed by atoms with Crippen molar-refractivity contribution in [3.8, 4) is 17.0 Å². The fourth-order valence-corrected chi connectivity index (χ4v) is 5.59. The van der Waals surface area contributed by atoms with Gasteiger partial charge in [-0.15, -0.1) is 0 Å². The topological polar surface area (TPSA) is 109 Å². The highest BCUT2D eigenvalue weighted by Crippen LogP contribution is 2.31. The minimum atomic E-state index is -3.81. The number of carbonyl (C=O) groups is 1. The van der Waals surface area contributed by atoms with Crippen molar-refractivity contribution in [1.29, 1.82) is 0 Å². The first kappa shape index (κ1) is 24.2. The van der Waals surface area contributed by atoms with Crippen LogP contribution >= 0.6 is 11.6 Å². The number of pyridine rings is 1. The van der Waals surface area contributed by atoms with Gasteiger partial charge in [-0.2, -0.15) is 4.31 Å². The third-order valence-corrected chi connectivity index (χ3v) is 8.07. The van der Waals surface area contributed by atoms with Crippen molar-refractivity contribution >= 4 is 44.1 Å². The summed E-state index contributed by atoms with van der Waals surface area (Å²) in [5, 5.41) is 14.3. The lowest BCUT2D eigenvalue weighted by molar-refractivity contribution is 0.0730. The van der Waals surface area contributed by atoms with E-state index in [2.05, 4.69) is 10.3 Å². The van der Waals surface area contributed by atoms with Crippen LogP contribution in [0.1, 0.15) is 10.4 Å². The molecule has 1 amide bonds. The van der Waals surface area contributed by atoms with E-state index < -0.39 is 15.9 Å². The predicted octanol–water partition coefficient (Wildman–Crippen LogP) is 4.53. The number of aromatic hydroxyl groups is 1. The van der Waals surface area contributed by atoms with E-state index in [1.807, 2.05) is 18.2 Å². The number of rotatable bonds is 5. The number of benzene rings is 3. The molecule has 0 unspecified atom stereocenters. The number of phenols is 1. The van der Waals surface area contributed by atoms with E-state index in [0.717, 1.165) is 5.56 Å². The van der Waals surface area contributed by atoms with Crippen molar-refractivity contribution in [2.75, 3.05) is 31.6 Å². The molecular weight excluding hydrogens is 502 g/mol. The number of anilines is 1. The van der Waals surface area contributed by atoms with Crippen molar-refractivity contribution in [1.82, 2.24) is 9.29 Å². The molecule has 184 valence electrons. The van der Waals surface area contributed by atoms with Crippen LogP contribution < -0.4 is 5.32 Å². The second-order valence-electron chi connectivity index (χ2n) is 8.23. The highest BCUT2D eigenvalue weighted by atomic mass is 35.5. The van der Waals surface area contributed by atoms with Gasteiger partial charge in [-0.1, -0.05) is 41.9 Å². The number of morpholine rings is 1. The Labute approximate surface area is 213 Å². The van der Waals surface area contributed by atoms with Crippen LogP contribution in [0.2, 0.25) is 5.02 Å². The van der Waals surface area contributed by atoms with Crippen molar-refractivity contribution < 1.29 is 23.1 Å². The average molecular weight is 524 g/mol. The summed E-state index contributed by atoms with van der Waals surface area (Å²) in [5.74, 6) is -0.763. The van der Waals surface area contributed by atoms with Gasteiger partial charge in [0.1, 0.15) is 5.75 Å². The van der Waals surface area contributed by atoms with E-state index in [9.17, 15) is 18.3 Å². The Hall–Kier alpha value is -3.50. The second kappa shape index (κ2) is 9.87. The number of hydrogen-bond donors (Lipinski definition) is 2. The SMILES string of the molecule is O=C(Nc1cc(S(=O)(=O)N2CCOCC2)ccc1O)c1cc(-c2ccc(Cl)cc2)nc2ccccc12. The standard InChI is InChI=1S/C26H22ClN3O5S/c27-18-7-5-17(6-8-18)23-16-21(20-3-1-2-4-22(20)28-23)26(32)29-24-15-19(9-10-25(24)31)36(33,34)30-11-13-35-14-12-30/h1-10,15-16,31H,11-14H2,(H,29,32). The van der Waals surface area contributed by atoms with Crippen molar-refractivity contribution in [3.63, 3.8) is 0 Å². The summed E-state index contributed by atoms with van der Waals surface area (Å²) >= 11 is 6.02. The number of para-hydroxylation sites is 1. The maximum atomic E-state index is 13.4. The van der Waals surface area contributed by atoms with Gasteiger partial charge >= 0.3 is 0 Å². The molecule has 4 aromatic rings. The molecule has 1 fully saturated rings. The van der Waals surface area contributed by atoms with Crippen LogP contribution in [-0.4, -0.2) is 55.0 Å². The monoisotopic (exact) mass is 523 g/mol. The summed E-state index contributed by atoms with van der Waals surface area (Å²) in [5.41, 5.74) is 2.28. The smallest absolute Gasteiger partial charge is 0.256 e. The minimum Gasteiger partial charge on any atom is -0.506 e. The number of hydrogen-bond acceptors (Lipinski definition) is 6. The van der Waals surface area contributed by atoms with E-state index in [4.69, 9.17) is 16.3 Å². The molecule has 10 heteroatoms. The molecule has 1 aliphatic heterocycles. The lowest BCUT2D eigenvalue weighted by Crippen LogP contribution is -2.40. The van der Waals surface area contributed by atoms with Gasteiger partial charge < -0.3 is 15.2 Å². The first-order valence-electron chi connectivity index (χ1n) is 11.2. The fourth-order valence-electron chi connectivity index (χ4n) is 4.03. The molecule has 3 aromatic carbocycles. The van der Waals surface area contributed by atoms with E-state index in [1.54, 1.807) is 36.4 Å². The van der Waals surface area contributed by atoms with Gasteiger partial charge in [0.2, 0.25) is 10.0 Å². The van der Waals surface area contributed by atoms with Crippen molar-refractivity contribution in [2.45, 2.75) is 4.90 Å². The number of aromatic nitrogens is 1. The molecule has 8 nitrogen and oxygen atoms in total. The molecule has 1 aromatic heterocycles. The summed E-state index contributed by atoms with van der Waals surface area (Å²) in [6, 6.07) is 19.8. The molecule has 0 atom stereocenters. The quantitative estimate of drug-likeness (QED) is 0.372. The molecule has 0 spiro atoms. The number of amides is 1. The number of phenolic OH excluding ortho intramolecular Hbond substituents is 1. The molecule has 0 saturated carbocycles. The first-order valence-corrected chi connectivity index (χ1v) is 13.0. The van der Waals surface area contributed by atoms with E-state index in [0.29, 0.717) is 40.4 Å². The Bertz CT molecular complexity index is 1550. The lowest BCUT2D eigenvalue weighted by Gasteiger charge is -2.26. The van der Waals surface area contributed by atoms with Crippen molar-refractivity contribution in [3.05, 3.63) is 83.4 Å². The molecule has 0 aliphatic carbocycles. The zero-order chi connectivity index (χ0) is 25.3. The molecule has 2 N–H and O–H groups in total. The Balaban J connectivity index is 1.51. The van der Waals surface area contributed by atoms with Crippen LogP contribution in [-0.2, 0) is 14.8 Å². The van der Waals surface area contributed by atoms with Crippen LogP contribution in [0, 0.1) is 0 Å². The number of halogens is 1. The maximum Gasteiger partial charge on any atom is 0.256 e. The van der Waals surface area contributed by atoms with Gasteiger partial charge in [-0.25, -0.2) is 13.4 Å². The molecule has 0 bridgehead atoms. The van der Waals surface area contributed by atoms with Gasteiger partial charge in [-0.05, 0) is 42.5 Å². The normalized spacial score (nSPS) is 14.6. The number of sulfonamides is 1. The Morgan fingerprint density at radius 1 is 1.00 bits per heavy atom. The zero-order valence-electron chi connectivity index (χ0n) is 19.0. The number of nitrogens with one attached hydrogen (secondary N) is 1. The summed E-state index contributed by atoms with van der Waals surface area (Å²) < 4.78 is 32.7. The van der Waals surface area contributed by atoms with Gasteiger partial charge in [0.05, 0.1) is 40.6 Å². The van der Waals surface area contributed by atoms with Crippen molar-refractivity contribution in [2.24, 2.45) is 0 Å². The largest absolute Gasteiger partial charge is 0.506 e. The fraction of sp³-hybridized carbons (Fsp3) is 0.154. The van der Waals surface area contributed by atoms with Crippen LogP contribution in [0.5, 0.6) is 5.75 Å². The predicted molar refractivity (Wildman–Crippen MR) is 138 cm³/mol. The molecule has 1 saturated heterocycles. The maximum absolute atomic E-state index is 13.4. The van der Waals surface area contributed by atoms with Crippen LogP contribution in [0.15, 0.2) is 77.7 Å². The highest BCUT2D eigenvalue weighted by molar-refractivity contribution is 7.89. The van der Waals surface area contributed by atoms with E-state index in [-0.39, 0.29) is 29.4 Å². The third-order valence-electron chi connectivity index (χ3n) is 5.92. The van der Waals surface area contributed by atoms with Crippen LogP contribution in [0.4, 0.5) is 5.69 Å². The minimum absolute atomic E-state index is 0.0109. The number of carbonyl (C=O) groups excluding carboxylic acids is 1. The van der Waals surface area contributed by atoms with E-state index >= 15 is 0 Å². The molecule has 0 radical (unpaired) electrons. The van der Waals surface area contributed by atoms with Crippen LogP contribution in [0.3, 0.4) is 0 Å². The summed E-state index contributed by atoms with van der Waals surface area (Å²) in [4.78, 5) is 18.1. The summed E-state index contributed by atoms with van der Waals surface area (Å²) in [6.07, 6.45) is 0. The summed E-state index contributed by atoms with van der Waals surface area (Å²) in [6.45, 7) is 1.10. The van der Waals surface area contributed by atoms with Gasteiger partial charge in [0.25, 0.3) is 5.91 Å². The molecule has 5 rings (SSSR count). The Morgan fingerprint density at radius 3 is 2.47 bits per heavy atom. The number of ether oxygens (including phenoxy) is 1. The highest BCUT2D eigenvalue weighted by Gasteiger charge is 2.27. The molecular formula is C26H22ClN3O5S. The second-order valence-corrected chi connectivity index (χ2v) is 10.6. The Morgan fingerprint density at radius 2 is 1.72 bits per heavy atom. The number of fused-ring (bicyclic) bond motifs is 1. The van der Waals surface area contributed by atoms with Gasteiger partial charge in [0, 0.05) is 29.1 Å². The Kier molecular flexibility index (Phi) is 6.63. The number of nitrogens with zero attached hydrogens (tertiary/aromatic N) is 2. The molecule has 1 aliphatic rings. The van der Waals surface area contributed by atoms with E-state index in [1.165, 1.54) is 22.5 Å². The molecule has 2 heterocycles. The first-order chi connectivity index (χ1) is 17.3.